The third-order valence-corrected chi connectivity index (χ3v) is 4.22. The first kappa shape index (κ1) is 19.1. The molecule has 1 aromatic rings. The highest BCUT2D eigenvalue weighted by atomic mass is 16.6. The number of rotatable bonds is 4. The lowest BCUT2D eigenvalue weighted by Crippen LogP contribution is -2.44. The minimum absolute atomic E-state index is 0.125. The zero-order valence-corrected chi connectivity index (χ0v) is 15.7. The molecule has 1 aromatic carbocycles. The SMILES string of the molecule is COC(=O)c1ccc(N(C)CC2CCCN2C(=O)OC(C)(C)C)cc1. The van der Waals surface area contributed by atoms with Crippen LogP contribution < -0.4 is 4.90 Å². The Morgan fingerprint density at radius 2 is 1.88 bits per heavy atom. The molecule has 2 rings (SSSR count). The molecule has 1 unspecified atom stereocenters. The second kappa shape index (κ2) is 7.76. The molecule has 25 heavy (non-hydrogen) atoms. The number of nitrogens with zero attached hydrogens (tertiary/aromatic N) is 2. The Kier molecular flexibility index (Phi) is 5.93. The van der Waals surface area contributed by atoms with Crippen LogP contribution in [0, 0.1) is 0 Å². The molecule has 0 bridgehead atoms. The Hall–Kier alpha value is -2.24. The van der Waals surface area contributed by atoms with E-state index in [2.05, 4.69) is 4.90 Å². The first-order chi connectivity index (χ1) is 11.7. The van der Waals surface area contributed by atoms with Crippen molar-refractivity contribution in [3.05, 3.63) is 29.8 Å². The van der Waals surface area contributed by atoms with Gasteiger partial charge in [0.25, 0.3) is 0 Å². The minimum Gasteiger partial charge on any atom is -0.465 e. The molecule has 1 aliphatic heterocycles. The van der Waals surface area contributed by atoms with Gasteiger partial charge in [0.2, 0.25) is 0 Å². The smallest absolute Gasteiger partial charge is 0.410 e. The van der Waals surface area contributed by atoms with E-state index >= 15 is 0 Å². The Morgan fingerprint density at radius 3 is 2.44 bits per heavy atom. The van der Waals surface area contributed by atoms with Crippen molar-refractivity contribution < 1.29 is 19.1 Å². The number of likely N-dealkylation sites (N-methyl/N-ethyl adjacent to an activating group) is 1. The van der Waals surface area contributed by atoms with Crippen molar-refractivity contribution in [3.63, 3.8) is 0 Å². The summed E-state index contributed by atoms with van der Waals surface area (Å²) in [6, 6.07) is 7.40. The predicted molar refractivity (Wildman–Crippen MR) is 97.0 cm³/mol. The topological polar surface area (TPSA) is 59.1 Å². The molecular formula is C19H28N2O4. The van der Waals surface area contributed by atoms with Crippen LogP contribution >= 0.6 is 0 Å². The molecule has 0 radical (unpaired) electrons. The largest absolute Gasteiger partial charge is 0.465 e. The van der Waals surface area contributed by atoms with E-state index in [0.29, 0.717) is 5.56 Å². The molecule has 1 fully saturated rings. The van der Waals surface area contributed by atoms with Gasteiger partial charge in [-0.15, -0.1) is 0 Å². The minimum atomic E-state index is -0.486. The zero-order chi connectivity index (χ0) is 18.6. The molecule has 1 heterocycles. The summed E-state index contributed by atoms with van der Waals surface area (Å²) < 4.78 is 10.2. The average molecular weight is 348 g/mol. The molecule has 138 valence electrons. The van der Waals surface area contributed by atoms with Crippen LogP contribution in [0.2, 0.25) is 0 Å². The fourth-order valence-corrected chi connectivity index (χ4v) is 2.98. The number of esters is 1. The zero-order valence-electron chi connectivity index (χ0n) is 15.7. The second-order valence-electron chi connectivity index (χ2n) is 7.39. The van der Waals surface area contributed by atoms with Crippen LogP contribution in [0.5, 0.6) is 0 Å². The van der Waals surface area contributed by atoms with Crippen LogP contribution in [0.4, 0.5) is 10.5 Å². The van der Waals surface area contributed by atoms with E-state index in [1.54, 1.807) is 12.1 Å². The van der Waals surface area contributed by atoms with Crippen LogP contribution in [0.3, 0.4) is 0 Å². The molecule has 0 saturated carbocycles. The van der Waals surface area contributed by atoms with E-state index in [1.165, 1.54) is 7.11 Å². The number of carbonyl (C=O) groups is 2. The lowest BCUT2D eigenvalue weighted by Gasteiger charge is -2.31. The number of anilines is 1. The number of amides is 1. The predicted octanol–water partition coefficient (Wildman–Crippen LogP) is 3.31. The monoisotopic (exact) mass is 348 g/mol. The normalized spacial score (nSPS) is 17.3. The number of carbonyl (C=O) groups excluding carboxylic acids is 2. The van der Waals surface area contributed by atoms with Crippen molar-refractivity contribution in [2.24, 2.45) is 0 Å². The Morgan fingerprint density at radius 1 is 1.24 bits per heavy atom. The van der Waals surface area contributed by atoms with Crippen molar-refractivity contribution in [2.45, 2.75) is 45.3 Å². The van der Waals surface area contributed by atoms with Gasteiger partial charge in [-0.1, -0.05) is 0 Å². The summed E-state index contributed by atoms with van der Waals surface area (Å²) in [6.07, 6.45) is 1.70. The Bertz CT molecular complexity index is 607. The lowest BCUT2D eigenvalue weighted by atomic mass is 10.1. The van der Waals surface area contributed by atoms with Crippen LogP contribution in [0.25, 0.3) is 0 Å². The van der Waals surface area contributed by atoms with Gasteiger partial charge in [-0.2, -0.15) is 0 Å². The van der Waals surface area contributed by atoms with E-state index in [1.807, 2.05) is 44.9 Å². The van der Waals surface area contributed by atoms with Crippen molar-refractivity contribution in [2.75, 3.05) is 32.1 Å². The summed E-state index contributed by atoms with van der Waals surface area (Å²) in [7, 11) is 3.35. The molecule has 1 aliphatic rings. The third-order valence-electron chi connectivity index (χ3n) is 4.22. The molecular weight excluding hydrogens is 320 g/mol. The first-order valence-corrected chi connectivity index (χ1v) is 8.60. The Balaban J connectivity index is 2.00. The second-order valence-corrected chi connectivity index (χ2v) is 7.39. The molecule has 0 spiro atoms. The number of ether oxygens (including phenoxy) is 2. The summed E-state index contributed by atoms with van der Waals surface area (Å²) in [4.78, 5) is 27.8. The van der Waals surface area contributed by atoms with Gasteiger partial charge in [0.05, 0.1) is 18.7 Å². The van der Waals surface area contributed by atoms with Gasteiger partial charge in [-0.25, -0.2) is 9.59 Å². The fraction of sp³-hybridized carbons (Fsp3) is 0.579. The van der Waals surface area contributed by atoms with Crippen LogP contribution in [0.1, 0.15) is 44.0 Å². The number of benzene rings is 1. The van der Waals surface area contributed by atoms with Gasteiger partial charge in [0, 0.05) is 25.8 Å². The van der Waals surface area contributed by atoms with Crippen LogP contribution in [-0.4, -0.2) is 55.9 Å². The number of hydrogen-bond acceptors (Lipinski definition) is 5. The number of methoxy groups -OCH3 is 1. The van der Waals surface area contributed by atoms with Gasteiger partial charge in [-0.3, -0.25) is 0 Å². The molecule has 0 aromatic heterocycles. The van der Waals surface area contributed by atoms with Crippen molar-refractivity contribution in [3.8, 4) is 0 Å². The van der Waals surface area contributed by atoms with Gasteiger partial charge in [-0.05, 0) is 57.9 Å². The van der Waals surface area contributed by atoms with Gasteiger partial charge in [0.15, 0.2) is 0 Å². The van der Waals surface area contributed by atoms with Crippen molar-refractivity contribution in [1.29, 1.82) is 0 Å². The quantitative estimate of drug-likeness (QED) is 0.781. The first-order valence-electron chi connectivity index (χ1n) is 8.60. The average Bonchev–Trinajstić information content (AvgIpc) is 3.01. The maximum atomic E-state index is 12.4. The molecule has 6 heteroatoms. The fourth-order valence-electron chi connectivity index (χ4n) is 2.98. The highest BCUT2D eigenvalue weighted by Gasteiger charge is 2.32. The Labute approximate surface area is 149 Å². The van der Waals surface area contributed by atoms with Crippen LogP contribution in [-0.2, 0) is 9.47 Å². The van der Waals surface area contributed by atoms with E-state index in [4.69, 9.17) is 9.47 Å². The summed E-state index contributed by atoms with van der Waals surface area (Å²) in [6.45, 7) is 7.09. The summed E-state index contributed by atoms with van der Waals surface area (Å²) in [5, 5.41) is 0. The van der Waals surface area contributed by atoms with Crippen molar-refractivity contribution in [1.82, 2.24) is 4.90 Å². The van der Waals surface area contributed by atoms with Gasteiger partial charge >= 0.3 is 12.1 Å². The highest BCUT2D eigenvalue weighted by molar-refractivity contribution is 5.89. The maximum absolute atomic E-state index is 12.4. The van der Waals surface area contributed by atoms with Crippen molar-refractivity contribution >= 4 is 17.7 Å². The molecule has 1 atom stereocenters. The summed E-state index contributed by atoms with van der Waals surface area (Å²) in [5.41, 5.74) is 1.03. The molecule has 0 N–H and O–H groups in total. The van der Waals surface area contributed by atoms with Gasteiger partial charge in [0.1, 0.15) is 5.60 Å². The maximum Gasteiger partial charge on any atom is 0.410 e. The third kappa shape index (κ3) is 5.11. The lowest BCUT2D eigenvalue weighted by molar-refractivity contribution is 0.0231. The van der Waals surface area contributed by atoms with Crippen LogP contribution in [0.15, 0.2) is 24.3 Å². The highest BCUT2D eigenvalue weighted by Crippen LogP contribution is 2.23. The summed E-state index contributed by atoms with van der Waals surface area (Å²) >= 11 is 0. The summed E-state index contributed by atoms with van der Waals surface area (Å²) in [5.74, 6) is -0.346. The molecule has 1 amide bonds. The molecule has 6 nitrogen and oxygen atoms in total. The van der Waals surface area contributed by atoms with E-state index in [-0.39, 0.29) is 18.1 Å². The number of hydrogen-bond donors (Lipinski definition) is 0. The van der Waals surface area contributed by atoms with E-state index in [0.717, 1.165) is 31.6 Å². The molecule has 1 saturated heterocycles. The van der Waals surface area contributed by atoms with E-state index in [9.17, 15) is 9.59 Å². The molecule has 0 aliphatic carbocycles. The number of likely N-dealkylation sites (tertiary alicyclic amines) is 1. The standard InChI is InChI=1S/C19H28N2O4/c1-19(2,3)25-18(23)21-12-6-7-16(21)13-20(4)15-10-8-14(9-11-15)17(22)24-5/h8-11,16H,6-7,12-13H2,1-5H3. The van der Waals surface area contributed by atoms with E-state index < -0.39 is 5.60 Å². The van der Waals surface area contributed by atoms with Gasteiger partial charge < -0.3 is 19.3 Å².